The molecule has 0 atom stereocenters. The molecule has 21 heavy (non-hydrogen) atoms. The van der Waals surface area contributed by atoms with Gasteiger partial charge >= 0.3 is 5.97 Å². The first kappa shape index (κ1) is 13.6. The maximum Gasteiger partial charge on any atom is 0.336 e. The number of halogens is 1. The summed E-state index contributed by atoms with van der Waals surface area (Å²) in [5.74, 6) is -0.897. The van der Waals surface area contributed by atoms with E-state index in [0.29, 0.717) is 22.2 Å². The minimum Gasteiger partial charge on any atom is -0.508 e. The number of nitrogens with zero attached hydrogens (tertiary/aromatic N) is 1. The number of carbonyl (C=O) groups is 1. The van der Waals surface area contributed by atoms with E-state index in [1.54, 1.807) is 42.5 Å². The van der Waals surface area contributed by atoms with Crippen LogP contribution >= 0.6 is 15.9 Å². The molecule has 0 bridgehead atoms. The molecule has 0 amide bonds. The Kier molecular flexibility index (Phi) is 3.35. The van der Waals surface area contributed by atoms with Gasteiger partial charge in [0, 0.05) is 15.4 Å². The number of aromatic hydroxyl groups is 1. The third-order valence-electron chi connectivity index (χ3n) is 3.14. The van der Waals surface area contributed by atoms with E-state index in [1.165, 1.54) is 6.07 Å². The molecule has 1 aromatic heterocycles. The molecule has 0 saturated carbocycles. The van der Waals surface area contributed by atoms with Gasteiger partial charge in [-0.25, -0.2) is 9.78 Å². The van der Waals surface area contributed by atoms with Gasteiger partial charge in [-0.05, 0) is 30.3 Å². The number of hydrogen-bond acceptors (Lipinski definition) is 3. The van der Waals surface area contributed by atoms with E-state index >= 15 is 0 Å². The minimum absolute atomic E-state index is 0.112. The van der Waals surface area contributed by atoms with Crippen LogP contribution in [0.2, 0.25) is 0 Å². The number of pyridine rings is 1. The molecule has 0 spiro atoms. The second kappa shape index (κ2) is 5.18. The van der Waals surface area contributed by atoms with Crippen LogP contribution in [-0.4, -0.2) is 21.2 Å². The van der Waals surface area contributed by atoms with Gasteiger partial charge in [0.15, 0.2) is 0 Å². The molecule has 3 aromatic rings. The van der Waals surface area contributed by atoms with Crippen LogP contribution in [0.25, 0.3) is 22.2 Å². The molecule has 2 N–H and O–H groups in total. The van der Waals surface area contributed by atoms with Gasteiger partial charge in [-0.2, -0.15) is 0 Å². The Bertz CT molecular complexity index is 861. The average Bonchev–Trinajstić information content (AvgIpc) is 2.45. The fourth-order valence-electron chi connectivity index (χ4n) is 2.19. The Morgan fingerprint density at radius 1 is 1.10 bits per heavy atom. The molecule has 0 radical (unpaired) electrons. The number of aromatic nitrogens is 1. The number of hydrogen-bond donors (Lipinski definition) is 2. The summed E-state index contributed by atoms with van der Waals surface area (Å²) < 4.78 is 0.826. The number of fused-ring (bicyclic) bond motifs is 1. The van der Waals surface area contributed by atoms with Crippen LogP contribution in [0.3, 0.4) is 0 Å². The highest BCUT2D eigenvalue weighted by Crippen LogP contribution is 2.28. The van der Waals surface area contributed by atoms with Crippen LogP contribution in [0.5, 0.6) is 5.75 Å². The molecule has 4 nitrogen and oxygen atoms in total. The van der Waals surface area contributed by atoms with Crippen molar-refractivity contribution in [1.29, 1.82) is 0 Å². The van der Waals surface area contributed by atoms with Crippen LogP contribution in [0.4, 0.5) is 0 Å². The van der Waals surface area contributed by atoms with E-state index in [4.69, 9.17) is 0 Å². The quantitative estimate of drug-likeness (QED) is 0.735. The maximum absolute atomic E-state index is 11.5. The van der Waals surface area contributed by atoms with Crippen molar-refractivity contribution < 1.29 is 15.0 Å². The number of phenols is 1. The molecular formula is C16H10BrNO3. The molecule has 0 unspecified atom stereocenters. The van der Waals surface area contributed by atoms with E-state index in [2.05, 4.69) is 20.9 Å². The fraction of sp³-hybridized carbons (Fsp3) is 0. The van der Waals surface area contributed by atoms with Crippen LogP contribution in [0.1, 0.15) is 10.4 Å². The van der Waals surface area contributed by atoms with Gasteiger partial charge < -0.3 is 10.2 Å². The van der Waals surface area contributed by atoms with Crippen molar-refractivity contribution in [1.82, 2.24) is 4.98 Å². The molecule has 1 heterocycles. The summed E-state index contributed by atoms with van der Waals surface area (Å²) in [6.07, 6.45) is 0. The first-order chi connectivity index (χ1) is 10.0. The zero-order valence-corrected chi connectivity index (χ0v) is 12.3. The SMILES string of the molecule is O=C(O)c1cc(-c2cccc(O)c2)nc2cc(Br)ccc12. The molecule has 2 aromatic carbocycles. The monoisotopic (exact) mass is 343 g/mol. The maximum atomic E-state index is 11.5. The number of carboxylic acid groups (broad SMARTS) is 1. The zero-order chi connectivity index (χ0) is 15.0. The predicted octanol–water partition coefficient (Wildman–Crippen LogP) is 4.07. The van der Waals surface area contributed by atoms with Gasteiger partial charge in [0.1, 0.15) is 5.75 Å². The minimum atomic E-state index is -1.01. The van der Waals surface area contributed by atoms with Crippen LogP contribution < -0.4 is 0 Å². The Morgan fingerprint density at radius 2 is 1.90 bits per heavy atom. The molecule has 0 fully saturated rings. The first-order valence-electron chi connectivity index (χ1n) is 6.17. The summed E-state index contributed by atoms with van der Waals surface area (Å²) in [7, 11) is 0. The van der Waals surface area contributed by atoms with Crippen LogP contribution in [0, 0.1) is 0 Å². The lowest BCUT2D eigenvalue weighted by molar-refractivity contribution is 0.0699. The lowest BCUT2D eigenvalue weighted by Gasteiger charge is -2.08. The zero-order valence-electron chi connectivity index (χ0n) is 10.7. The highest BCUT2D eigenvalue weighted by molar-refractivity contribution is 9.10. The third kappa shape index (κ3) is 2.60. The standard InChI is InChI=1S/C16H10BrNO3/c17-10-4-5-12-13(16(20)21)8-14(18-15(12)7-10)9-2-1-3-11(19)6-9/h1-8,19H,(H,20,21). The van der Waals surface area contributed by atoms with Gasteiger partial charge in [0.2, 0.25) is 0 Å². The summed E-state index contributed by atoms with van der Waals surface area (Å²) in [6.45, 7) is 0. The van der Waals surface area contributed by atoms with E-state index in [0.717, 1.165) is 4.47 Å². The van der Waals surface area contributed by atoms with Crippen molar-refractivity contribution in [2.45, 2.75) is 0 Å². The van der Waals surface area contributed by atoms with E-state index in [1.807, 2.05) is 0 Å². The lowest BCUT2D eigenvalue weighted by Crippen LogP contribution is -2.00. The van der Waals surface area contributed by atoms with Crippen LogP contribution in [0.15, 0.2) is 53.0 Å². The van der Waals surface area contributed by atoms with Gasteiger partial charge in [0.05, 0.1) is 16.8 Å². The Labute approximate surface area is 128 Å². The molecule has 0 aliphatic heterocycles. The highest BCUT2D eigenvalue weighted by Gasteiger charge is 2.13. The number of phenolic OH excluding ortho intramolecular Hbond substituents is 1. The second-order valence-electron chi connectivity index (χ2n) is 4.57. The summed E-state index contributed by atoms with van der Waals surface area (Å²) in [5.41, 5.74) is 1.95. The van der Waals surface area contributed by atoms with Gasteiger partial charge in [-0.1, -0.05) is 34.1 Å². The number of aromatic carboxylic acids is 1. The van der Waals surface area contributed by atoms with Crippen molar-refractivity contribution in [3.63, 3.8) is 0 Å². The van der Waals surface area contributed by atoms with E-state index in [9.17, 15) is 15.0 Å². The van der Waals surface area contributed by atoms with Crippen molar-refractivity contribution in [2.75, 3.05) is 0 Å². The molecular weight excluding hydrogens is 334 g/mol. The van der Waals surface area contributed by atoms with Crippen molar-refractivity contribution >= 4 is 32.8 Å². The molecule has 0 saturated heterocycles. The van der Waals surface area contributed by atoms with Gasteiger partial charge in [0.25, 0.3) is 0 Å². The number of carboxylic acids is 1. The van der Waals surface area contributed by atoms with Crippen LogP contribution in [-0.2, 0) is 0 Å². The summed E-state index contributed by atoms with van der Waals surface area (Å²) in [6, 6.07) is 13.4. The fourth-order valence-corrected chi connectivity index (χ4v) is 2.54. The average molecular weight is 344 g/mol. The third-order valence-corrected chi connectivity index (χ3v) is 3.64. The molecule has 3 rings (SSSR count). The predicted molar refractivity (Wildman–Crippen MR) is 83.5 cm³/mol. The smallest absolute Gasteiger partial charge is 0.336 e. The highest BCUT2D eigenvalue weighted by atomic mass is 79.9. The lowest BCUT2D eigenvalue weighted by atomic mass is 10.0. The largest absolute Gasteiger partial charge is 0.508 e. The summed E-state index contributed by atoms with van der Waals surface area (Å²) in [4.78, 5) is 15.9. The normalized spacial score (nSPS) is 10.7. The molecule has 0 aliphatic carbocycles. The Balaban J connectivity index is 2.32. The molecule has 5 heteroatoms. The van der Waals surface area contributed by atoms with Gasteiger partial charge in [-0.3, -0.25) is 0 Å². The molecule has 104 valence electrons. The van der Waals surface area contributed by atoms with Crippen molar-refractivity contribution in [3.05, 3.63) is 58.6 Å². The van der Waals surface area contributed by atoms with Crippen molar-refractivity contribution in [3.8, 4) is 17.0 Å². The van der Waals surface area contributed by atoms with E-state index < -0.39 is 5.97 Å². The van der Waals surface area contributed by atoms with Crippen molar-refractivity contribution in [2.24, 2.45) is 0 Å². The Hall–Kier alpha value is -2.40. The summed E-state index contributed by atoms with van der Waals surface area (Å²) in [5, 5.41) is 19.5. The van der Waals surface area contributed by atoms with Gasteiger partial charge in [-0.15, -0.1) is 0 Å². The molecule has 0 aliphatic rings. The second-order valence-corrected chi connectivity index (χ2v) is 5.49. The number of rotatable bonds is 2. The topological polar surface area (TPSA) is 70.4 Å². The Morgan fingerprint density at radius 3 is 2.62 bits per heavy atom. The first-order valence-corrected chi connectivity index (χ1v) is 6.97. The number of benzene rings is 2. The summed E-state index contributed by atoms with van der Waals surface area (Å²) >= 11 is 3.36. The van der Waals surface area contributed by atoms with E-state index in [-0.39, 0.29) is 11.3 Å².